The zero-order chi connectivity index (χ0) is 23.0. The molecule has 0 radical (unpaired) electrons. The topological polar surface area (TPSA) is 103 Å². The molecule has 0 saturated heterocycles. The third-order valence-corrected chi connectivity index (χ3v) is 5.83. The Hall–Kier alpha value is -3.71. The fourth-order valence-electron chi connectivity index (χ4n) is 4.13. The molecular formula is C26H28N4O3. The third kappa shape index (κ3) is 5.56. The van der Waals surface area contributed by atoms with E-state index in [-0.39, 0.29) is 5.91 Å². The molecule has 2 aromatic carbocycles. The standard InChI is InChI=1S/C26H28N4O3/c31-24(15-12-18-10-13-19(14-11-18)26(32)30-33)27-16-5-17-28-25-20-6-1-3-8-22(20)29-23-9-4-2-7-21(23)25/h1,3,6,8,10-15,33H,2,4-5,7,9,16-17H2,(H,27,31)(H,28,29)(H,30,32). The van der Waals surface area contributed by atoms with Crippen LogP contribution in [-0.2, 0) is 17.6 Å². The number of aryl methyl sites for hydroxylation is 1. The van der Waals surface area contributed by atoms with Gasteiger partial charge >= 0.3 is 0 Å². The second-order valence-electron chi connectivity index (χ2n) is 8.10. The fraction of sp³-hybridized carbons (Fsp3) is 0.269. The number of rotatable bonds is 8. The lowest BCUT2D eigenvalue weighted by Gasteiger charge is -2.21. The van der Waals surface area contributed by atoms with Gasteiger partial charge in [0.05, 0.1) is 5.52 Å². The highest BCUT2D eigenvalue weighted by atomic mass is 16.5. The van der Waals surface area contributed by atoms with Gasteiger partial charge in [-0.25, -0.2) is 5.48 Å². The van der Waals surface area contributed by atoms with Gasteiger partial charge < -0.3 is 10.6 Å². The molecule has 2 amide bonds. The number of hydrogen-bond donors (Lipinski definition) is 4. The molecule has 4 N–H and O–H groups in total. The summed E-state index contributed by atoms with van der Waals surface area (Å²) in [5, 5.41) is 16.3. The highest BCUT2D eigenvalue weighted by Crippen LogP contribution is 2.33. The van der Waals surface area contributed by atoms with E-state index in [2.05, 4.69) is 22.8 Å². The Balaban J connectivity index is 1.28. The third-order valence-electron chi connectivity index (χ3n) is 5.83. The Morgan fingerprint density at radius 2 is 1.79 bits per heavy atom. The largest absolute Gasteiger partial charge is 0.384 e. The lowest BCUT2D eigenvalue weighted by atomic mass is 9.92. The number of carbonyl (C=O) groups excluding carboxylic acids is 2. The van der Waals surface area contributed by atoms with Crippen molar-refractivity contribution in [2.45, 2.75) is 32.1 Å². The number of aromatic nitrogens is 1. The van der Waals surface area contributed by atoms with Gasteiger partial charge in [0, 0.05) is 41.5 Å². The van der Waals surface area contributed by atoms with Crippen LogP contribution in [0.5, 0.6) is 0 Å². The summed E-state index contributed by atoms with van der Waals surface area (Å²) in [6.45, 7) is 1.33. The number of carbonyl (C=O) groups is 2. The van der Waals surface area contributed by atoms with Gasteiger partial charge in [0.1, 0.15) is 0 Å². The summed E-state index contributed by atoms with van der Waals surface area (Å²) in [7, 11) is 0. The number of amides is 2. The van der Waals surface area contributed by atoms with Crippen molar-refractivity contribution < 1.29 is 14.8 Å². The molecule has 0 aliphatic heterocycles. The van der Waals surface area contributed by atoms with Crippen LogP contribution in [0.15, 0.2) is 54.6 Å². The normalized spacial score (nSPS) is 13.0. The van der Waals surface area contributed by atoms with Gasteiger partial charge in [0.2, 0.25) is 5.91 Å². The summed E-state index contributed by atoms with van der Waals surface area (Å²) in [5.41, 5.74) is 7.50. The molecule has 7 nitrogen and oxygen atoms in total. The molecule has 1 heterocycles. The van der Waals surface area contributed by atoms with Crippen LogP contribution in [0.1, 0.15) is 46.4 Å². The van der Waals surface area contributed by atoms with Crippen molar-refractivity contribution in [3.8, 4) is 0 Å². The van der Waals surface area contributed by atoms with E-state index in [0.717, 1.165) is 42.3 Å². The van der Waals surface area contributed by atoms with Crippen LogP contribution >= 0.6 is 0 Å². The van der Waals surface area contributed by atoms with Crippen LogP contribution in [0, 0.1) is 0 Å². The van der Waals surface area contributed by atoms with E-state index in [1.165, 1.54) is 35.9 Å². The van der Waals surface area contributed by atoms with Crippen LogP contribution in [0.25, 0.3) is 17.0 Å². The van der Waals surface area contributed by atoms with E-state index >= 15 is 0 Å². The molecule has 170 valence electrons. The molecule has 0 fully saturated rings. The first-order valence-electron chi connectivity index (χ1n) is 11.3. The average Bonchev–Trinajstić information content (AvgIpc) is 2.86. The maximum atomic E-state index is 12.1. The van der Waals surface area contributed by atoms with Gasteiger partial charge in [0.15, 0.2) is 0 Å². The van der Waals surface area contributed by atoms with Gasteiger partial charge in [-0.1, -0.05) is 30.3 Å². The number of nitrogens with zero attached hydrogens (tertiary/aromatic N) is 1. The van der Waals surface area contributed by atoms with Crippen LogP contribution in [0.4, 0.5) is 5.69 Å². The van der Waals surface area contributed by atoms with Gasteiger partial charge in [-0.15, -0.1) is 0 Å². The maximum Gasteiger partial charge on any atom is 0.274 e. The van der Waals surface area contributed by atoms with Gasteiger partial charge in [-0.05, 0) is 67.5 Å². The van der Waals surface area contributed by atoms with E-state index in [4.69, 9.17) is 10.2 Å². The summed E-state index contributed by atoms with van der Waals surface area (Å²) in [6, 6.07) is 14.8. The molecule has 1 aliphatic rings. The van der Waals surface area contributed by atoms with Crippen LogP contribution in [-0.4, -0.2) is 35.1 Å². The maximum absolute atomic E-state index is 12.1. The Morgan fingerprint density at radius 3 is 2.61 bits per heavy atom. The highest BCUT2D eigenvalue weighted by molar-refractivity contribution is 5.95. The van der Waals surface area contributed by atoms with Crippen molar-refractivity contribution in [1.82, 2.24) is 15.8 Å². The Kier molecular flexibility index (Phi) is 7.32. The number of para-hydroxylation sites is 1. The van der Waals surface area contributed by atoms with Crippen molar-refractivity contribution in [1.29, 1.82) is 0 Å². The molecule has 0 spiro atoms. The fourth-order valence-corrected chi connectivity index (χ4v) is 4.13. The molecular weight excluding hydrogens is 416 g/mol. The molecule has 1 aliphatic carbocycles. The molecule has 1 aromatic heterocycles. The first-order valence-corrected chi connectivity index (χ1v) is 11.3. The summed E-state index contributed by atoms with van der Waals surface area (Å²) < 4.78 is 0. The number of anilines is 1. The predicted molar refractivity (Wildman–Crippen MR) is 129 cm³/mol. The SMILES string of the molecule is O=C(C=Cc1ccc(C(=O)NO)cc1)NCCCNc1c2c(nc3ccccc13)CCCC2. The lowest BCUT2D eigenvalue weighted by Crippen LogP contribution is -2.24. The highest BCUT2D eigenvalue weighted by Gasteiger charge is 2.17. The second kappa shape index (κ2) is 10.7. The molecule has 0 atom stereocenters. The summed E-state index contributed by atoms with van der Waals surface area (Å²) in [4.78, 5) is 28.3. The second-order valence-corrected chi connectivity index (χ2v) is 8.10. The molecule has 33 heavy (non-hydrogen) atoms. The zero-order valence-electron chi connectivity index (χ0n) is 18.4. The zero-order valence-corrected chi connectivity index (χ0v) is 18.4. The monoisotopic (exact) mass is 444 g/mol. The van der Waals surface area contributed by atoms with E-state index in [1.807, 2.05) is 12.1 Å². The minimum Gasteiger partial charge on any atom is -0.384 e. The van der Waals surface area contributed by atoms with E-state index in [0.29, 0.717) is 12.1 Å². The first-order chi connectivity index (χ1) is 16.2. The number of hydrogen-bond acceptors (Lipinski definition) is 5. The Morgan fingerprint density at radius 1 is 1.00 bits per heavy atom. The number of hydroxylamine groups is 1. The van der Waals surface area contributed by atoms with Gasteiger partial charge in [-0.2, -0.15) is 0 Å². The number of nitrogens with one attached hydrogen (secondary N) is 3. The van der Waals surface area contributed by atoms with Crippen molar-refractivity contribution in [3.63, 3.8) is 0 Å². The first kappa shape index (κ1) is 22.5. The number of pyridine rings is 1. The molecule has 0 bridgehead atoms. The summed E-state index contributed by atoms with van der Waals surface area (Å²) in [6.07, 6.45) is 8.44. The minimum atomic E-state index is -0.572. The van der Waals surface area contributed by atoms with Crippen molar-refractivity contribution in [2.24, 2.45) is 0 Å². The molecule has 0 saturated carbocycles. The molecule has 0 unspecified atom stereocenters. The van der Waals surface area contributed by atoms with Crippen LogP contribution in [0.2, 0.25) is 0 Å². The van der Waals surface area contributed by atoms with E-state index in [1.54, 1.807) is 35.8 Å². The van der Waals surface area contributed by atoms with Crippen molar-refractivity contribution in [3.05, 3.63) is 77.0 Å². The van der Waals surface area contributed by atoms with Crippen molar-refractivity contribution >= 4 is 34.5 Å². The Bertz CT molecular complexity index is 1170. The average molecular weight is 445 g/mol. The molecule has 4 rings (SSSR count). The summed E-state index contributed by atoms with van der Waals surface area (Å²) >= 11 is 0. The van der Waals surface area contributed by atoms with Crippen LogP contribution < -0.4 is 16.1 Å². The molecule has 3 aromatic rings. The smallest absolute Gasteiger partial charge is 0.274 e. The predicted octanol–water partition coefficient (Wildman–Crippen LogP) is 3.86. The Labute approximate surface area is 192 Å². The van der Waals surface area contributed by atoms with E-state index < -0.39 is 5.91 Å². The van der Waals surface area contributed by atoms with Crippen molar-refractivity contribution in [2.75, 3.05) is 18.4 Å². The number of fused-ring (bicyclic) bond motifs is 2. The quantitative estimate of drug-likeness (QED) is 0.183. The summed E-state index contributed by atoms with van der Waals surface area (Å²) in [5.74, 6) is -0.740. The van der Waals surface area contributed by atoms with Gasteiger partial charge in [0.25, 0.3) is 5.91 Å². The van der Waals surface area contributed by atoms with Crippen LogP contribution in [0.3, 0.4) is 0 Å². The minimum absolute atomic E-state index is 0.168. The van der Waals surface area contributed by atoms with E-state index in [9.17, 15) is 9.59 Å². The number of benzene rings is 2. The molecule has 7 heteroatoms. The van der Waals surface area contributed by atoms with Gasteiger partial charge in [-0.3, -0.25) is 19.8 Å². The lowest BCUT2D eigenvalue weighted by molar-refractivity contribution is -0.116.